The number of nitrogens with zero attached hydrogens (tertiary/aromatic N) is 1. The minimum atomic E-state index is -0.434. The van der Waals surface area contributed by atoms with Crippen LogP contribution in [0.15, 0.2) is 65.1 Å². The summed E-state index contributed by atoms with van der Waals surface area (Å²) in [4.78, 5) is 17.1. The molecule has 1 heterocycles. The van der Waals surface area contributed by atoms with Crippen LogP contribution in [0.5, 0.6) is 0 Å². The van der Waals surface area contributed by atoms with Gasteiger partial charge in [0.05, 0.1) is 6.21 Å². The average molecular weight is 281 g/mol. The molecule has 0 atom stereocenters. The summed E-state index contributed by atoms with van der Waals surface area (Å²) in [6.07, 6.45) is 1.56. The summed E-state index contributed by atoms with van der Waals surface area (Å²) in [5.41, 5.74) is 0.919. The molecule has 0 N–H and O–H groups in total. The van der Waals surface area contributed by atoms with Gasteiger partial charge in [-0.15, -0.1) is 11.3 Å². The van der Waals surface area contributed by atoms with Crippen molar-refractivity contribution >= 4 is 34.3 Å². The van der Waals surface area contributed by atoms with Gasteiger partial charge in [-0.25, -0.2) is 4.79 Å². The third-order valence-electron chi connectivity index (χ3n) is 2.87. The molecule has 0 radical (unpaired) electrons. The number of oxime groups is 1. The van der Waals surface area contributed by atoms with E-state index in [0.29, 0.717) is 4.88 Å². The highest BCUT2D eigenvalue weighted by molar-refractivity contribution is 7.11. The molecule has 3 nitrogen and oxygen atoms in total. The molecule has 4 heteroatoms. The van der Waals surface area contributed by atoms with Crippen molar-refractivity contribution in [3.63, 3.8) is 0 Å². The summed E-state index contributed by atoms with van der Waals surface area (Å²) in [7, 11) is 0. The molecule has 0 aliphatic heterocycles. The summed E-state index contributed by atoms with van der Waals surface area (Å²) >= 11 is 1.33. The molecule has 0 aliphatic rings. The molecule has 1 aromatic heterocycles. The standard InChI is InChI=1S/C16H11NO2S/c18-16(15-9-4-10-20-15)19-17-11-13-7-3-6-12-5-1-2-8-14(12)13/h1-11H. The molecule has 0 bridgehead atoms. The molecule has 2 aromatic carbocycles. The fraction of sp³-hybridized carbons (Fsp3) is 0. The molecule has 0 saturated heterocycles. The van der Waals surface area contributed by atoms with Gasteiger partial charge in [0, 0.05) is 5.56 Å². The van der Waals surface area contributed by atoms with Crippen molar-refractivity contribution in [3.8, 4) is 0 Å². The Morgan fingerprint density at radius 3 is 2.75 bits per heavy atom. The molecule has 0 fully saturated rings. The Morgan fingerprint density at radius 1 is 1.05 bits per heavy atom. The Labute approximate surface area is 120 Å². The van der Waals surface area contributed by atoms with E-state index >= 15 is 0 Å². The third-order valence-corrected chi connectivity index (χ3v) is 3.72. The molecule has 0 saturated carbocycles. The number of rotatable bonds is 3. The predicted molar refractivity (Wildman–Crippen MR) is 81.3 cm³/mol. The zero-order chi connectivity index (χ0) is 13.8. The molecule has 3 aromatic rings. The van der Waals surface area contributed by atoms with Crippen LogP contribution in [0, 0.1) is 0 Å². The Hall–Kier alpha value is -2.46. The van der Waals surface area contributed by atoms with Crippen molar-refractivity contribution in [2.24, 2.45) is 5.16 Å². The number of hydrogen-bond donors (Lipinski definition) is 0. The van der Waals surface area contributed by atoms with Crippen LogP contribution in [-0.4, -0.2) is 12.2 Å². The second kappa shape index (κ2) is 5.67. The monoisotopic (exact) mass is 281 g/mol. The van der Waals surface area contributed by atoms with Crippen molar-refractivity contribution in [2.75, 3.05) is 0 Å². The van der Waals surface area contributed by atoms with Gasteiger partial charge in [0.15, 0.2) is 0 Å². The van der Waals surface area contributed by atoms with Crippen LogP contribution in [0.4, 0.5) is 0 Å². The predicted octanol–water partition coefficient (Wildman–Crippen LogP) is 4.09. The number of carbonyl (C=O) groups excluding carboxylic acids is 1. The van der Waals surface area contributed by atoms with Gasteiger partial charge >= 0.3 is 5.97 Å². The van der Waals surface area contributed by atoms with E-state index in [9.17, 15) is 4.79 Å². The van der Waals surface area contributed by atoms with Gasteiger partial charge in [0.2, 0.25) is 0 Å². The lowest BCUT2D eigenvalue weighted by Crippen LogP contribution is -1.97. The van der Waals surface area contributed by atoms with E-state index in [0.717, 1.165) is 16.3 Å². The van der Waals surface area contributed by atoms with Gasteiger partial charge in [0.1, 0.15) is 4.88 Å². The fourth-order valence-electron chi connectivity index (χ4n) is 1.93. The summed E-state index contributed by atoms with van der Waals surface area (Å²) in [6.45, 7) is 0. The average Bonchev–Trinajstić information content (AvgIpc) is 3.02. The van der Waals surface area contributed by atoms with Crippen molar-refractivity contribution < 1.29 is 9.63 Å². The summed E-state index contributed by atoms with van der Waals surface area (Å²) < 4.78 is 0. The van der Waals surface area contributed by atoms with Gasteiger partial charge in [-0.05, 0) is 22.2 Å². The Kier molecular flexibility index (Phi) is 3.56. The lowest BCUT2D eigenvalue weighted by atomic mass is 10.1. The first-order valence-corrected chi connectivity index (χ1v) is 6.98. The third kappa shape index (κ3) is 2.60. The number of carbonyl (C=O) groups is 1. The summed E-state index contributed by atoms with van der Waals surface area (Å²) in [6, 6.07) is 17.4. The van der Waals surface area contributed by atoms with E-state index in [-0.39, 0.29) is 0 Å². The van der Waals surface area contributed by atoms with E-state index < -0.39 is 5.97 Å². The van der Waals surface area contributed by atoms with E-state index in [4.69, 9.17) is 4.84 Å². The molecule has 98 valence electrons. The maximum Gasteiger partial charge on any atom is 0.375 e. The molecule has 0 unspecified atom stereocenters. The first-order valence-electron chi connectivity index (χ1n) is 6.10. The summed E-state index contributed by atoms with van der Waals surface area (Å²) in [5, 5.41) is 7.81. The van der Waals surface area contributed by atoms with E-state index in [1.807, 2.05) is 47.8 Å². The van der Waals surface area contributed by atoms with Crippen LogP contribution < -0.4 is 0 Å². The van der Waals surface area contributed by atoms with Gasteiger partial charge in [-0.3, -0.25) is 0 Å². The smallest absolute Gasteiger partial charge is 0.312 e. The number of fused-ring (bicyclic) bond motifs is 1. The van der Waals surface area contributed by atoms with Gasteiger partial charge < -0.3 is 4.84 Å². The van der Waals surface area contributed by atoms with E-state index in [2.05, 4.69) is 5.16 Å². The lowest BCUT2D eigenvalue weighted by molar-refractivity contribution is 0.0525. The van der Waals surface area contributed by atoms with Crippen LogP contribution in [0.2, 0.25) is 0 Å². The van der Waals surface area contributed by atoms with Crippen LogP contribution in [-0.2, 0) is 4.84 Å². The molecular formula is C16H11NO2S. The number of benzene rings is 2. The van der Waals surface area contributed by atoms with Crippen molar-refractivity contribution in [2.45, 2.75) is 0 Å². The molecule has 3 rings (SSSR count). The fourth-order valence-corrected chi connectivity index (χ4v) is 2.53. The van der Waals surface area contributed by atoms with E-state index in [1.165, 1.54) is 11.3 Å². The van der Waals surface area contributed by atoms with Crippen LogP contribution in [0.1, 0.15) is 15.2 Å². The first-order chi connectivity index (χ1) is 9.84. The molecule has 0 aliphatic carbocycles. The van der Waals surface area contributed by atoms with Crippen LogP contribution in [0.3, 0.4) is 0 Å². The summed E-state index contributed by atoms with van der Waals surface area (Å²) in [5.74, 6) is -0.434. The second-order valence-corrected chi connectivity index (χ2v) is 5.11. The maximum atomic E-state index is 11.6. The van der Waals surface area contributed by atoms with Gasteiger partial charge in [0.25, 0.3) is 0 Å². The number of hydrogen-bond acceptors (Lipinski definition) is 4. The topological polar surface area (TPSA) is 38.7 Å². The molecular weight excluding hydrogens is 270 g/mol. The van der Waals surface area contributed by atoms with Crippen molar-refractivity contribution in [3.05, 3.63) is 70.4 Å². The molecule has 20 heavy (non-hydrogen) atoms. The Bertz CT molecular complexity index is 758. The van der Waals surface area contributed by atoms with Crippen LogP contribution >= 0.6 is 11.3 Å². The Balaban J connectivity index is 1.79. The van der Waals surface area contributed by atoms with E-state index in [1.54, 1.807) is 18.3 Å². The minimum absolute atomic E-state index is 0.434. The first kappa shape index (κ1) is 12.6. The van der Waals surface area contributed by atoms with Crippen molar-refractivity contribution in [1.29, 1.82) is 0 Å². The highest BCUT2D eigenvalue weighted by Gasteiger charge is 2.07. The zero-order valence-electron chi connectivity index (χ0n) is 10.5. The molecule has 0 amide bonds. The normalized spacial score (nSPS) is 11.0. The maximum absolute atomic E-state index is 11.6. The largest absolute Gasteiger partial charge is 0.375 e. The zero-order valence-corrected chi connectivity index (χ0v) is 11.3. The van der Waals surface area contributed by atoms with Crippen LogP contribution in [0.25, 0.3) is 10.8 Å². The lowest BCUT2D eigenvalue weighted by Gasteiger charge is -2.00. The SMILES string of the molecule is O=C(ON=Cc1cccc2ccccc12)c1cccs1. The highest BCUT2D eigenvalue weighted by Crippen LogP contribution is 2.17. The Morgan fingerprint density at radius 2 is 1.90 bits per heavy atom. The second-order valence-electron chi connectivity index (χ2n) is 4.16. The molecule has 0 spiro atoms. The van der Waals surface area contributed by atoms with Gasteiger partial charge in [-0.1, -0.05) is 53.7 Å². The highest BCUT2D eigenvalue weighted by atomic mass is 32.1. The quantitative estimate of drug-likeness (QED) is 0.412. The van der Waals surface area contributed by atoms with Gasteiger partial charge in [-0.2, -0.15) is 0 Å². The minimum Gasteiger partial charge on any atom is -0.312 e. The van der Waals surface area contributed by atoms with Crippen molar-refractivity contribution in [1.82, 2.24) is 0 Å². The number of thiophene rings is 1.